The predicted octanol–water partition coefficient (Wildman–Crippen LogP) is 2.95. The van der Waals surface area contributed by atoms with E-state index in [2.05, 4.69) is 9.97 Å². The van der Waals surface area contributed by atoms with Crippen molar-refractivity contribution >= 4 is 11.8 Å². The van der Waals surface area contributed by atoms with E-state index in [1.54, 1.807) is 6.92 Å². The van der Waals surface area contributed by atoms with Crippen LogP contribution in [0.15, 0.2) is 27.0 Å². The highest BCUT2D eigenvalue weighted by atomic mass is 32.2. The fourth-order valence-electron chi connectivity index (χ4n) is 0.962. The van der Waals surface area contributed by atoms with Crippen LogP contribution in [0.2, 0.25) is 0 Å². The molecule has 3 nitrogen and oxygen atoms in total. The molecule has 0 aliphatic rings. The number of oxazole rings is 1. The Morgan fingerprint density at radius 1 is 1.19 bits per heavy atom. The zero-order valence-electron chi connectivity index (χ0n) is 8.00. The second kappa shape index (κ2) is 4.17. The molecule has 0 aromatic carbocycles. The Balaban J connectivity index is 2.31. The van der Waals surface area contributed by atoms with Crippen LogP contribution in [0.1, 0.15) is 5.69 Å². The number of hydrogen-bond acceptors (Lipinski definition) is 4. The molecular weight excluding hydrogens is 241 g/mol. The third kappa shape index (κ3) is 2.19. The minimum absolute atomic E-state index is 0.120. The minimum atomic E-state index is -1.35. The summed E-state index contributed by atoms with van der Waals surface area (Å²) in [5, 5.41) is -0.198. The molecule has 0 saturated heterocycles. The molecule has 7 heteroatoms. The van der Waals surface area contributed by atoms with Crippen LogP contribution in [0, 0.1) is 24.5 Å². The Kier molecular flexibility index (Phi) is 2.86. The Morgan fingerprint density at radius 3 is 2.56 bits per heavy atom. The molecule has 0 N–H and O–H groups in total. The molecule has 0 bridgehead atoms. The average Bonchev–Trinajstić information content (AvgIpc) is 2.60. The van der Waals surface area contributed by atoms with E-state index < -0.39 is 17.6 Å². The van der Waals surface area contributed by atoms with E-state index in [9.17, 15) is 13.2 Å². The van der Waals surface area contributed by atoms with Gasteiger partial charge < -0.3 is 4.42 Å². The van der Waals surface area contributed by atoms with Gasteiger partial charge in [0.1, 0.15) is 11.3 Å². The second-order valence-corrected chi connectivity index (χ2v) is 3.84. The summed E-state index contributed by atoms with van der Waals surface area (Å²) in [6.45, 7) is 1.68. The van der Waals surface area contributed by atoms with Gasteiger partial charge in [-0.2, -0.15) is 4.39 Å². The molecule has 2 aromatic rings. The van der Waals surface area contributed by atoms with E-state index in [1.165, 1.54) is 6.26 Å². The first-order valence-electron chi connectivity index (χ1n) is 4.18. The van der Waals surface area contributed by atoms with Crippen molar-refractivity contribution in [3.8, 4) is 0 Å². The van der Waals surface area contributed by atoms with Gasteiger partial charge in [-0.1, -0.05) is 0 Å². The number of aryl methyl sites for hydroxylation is 1. The van der Waals surface area contributed by atoms with E-state index in [0.717, 1.165) is 0 Å². The van der Waals surface area contributed by atoms with Crippen molar-refractivity contribution in [2.75, 3.05) is 0 Å². The van der Waals surface area contributed by atoms with Crippen molar-refractivity contribution in [1.29, 1.82) is 0 Å². The first-order chi connectivity index (χ1) is 7.56. The van der Waals surface area contributed by atoms with E-state index in [0.29, 0.717) is 23.5 Å². The zero-order chi connectivity index (χ0) is 11.7. The summed E-state index contributed by atoms with van der Waals surface area (Å²) in [7, 11) is 0. The fourth-order valence-corrected chi connectivity index (χ4v) is 1.70. The lowest BCUT2D eigenvalue weighted by Gasteiger charge is -1.99. The maximum atomic E-state index is 13.2. The molecule has 0 fully saturated rings. The van der Waals surface area contributed by atoms with Gasteiger partial charge in [0, 0.05) is 6.07 Å². The summed E-state index contributed by atoms with van der Waals surface area (Å²) < 4.78 is 43.4. The van der Waals surface area contributed by atoms with E-state index in [4.69, 9.17) is 4.42 Å². The first kappa shape index (κ1) is 11.0. The van der Waals surface area contributed by atoms with Crippen molar-refractivity contribution in [3.63, 3.8) is 0 Å². The SMILES string of the molecule is Cc1coc(Sc2nc(F)c(F)cc2F)n1. The van der Waals surface area contributed by atoms with E-state index in [-0.39, 0.29) is 10.2 Å². The minimum Gasteiger partial charge on any atom is -0.439 e. The van der Waals surface area contributed by atoms with Gasteiger partial charge in [-0.3, -0.25) is 0 Å². The molecule has 2 heterocycles. The van der Waals surface area contributed by atoms with Crippen molar-refractivity contribution < 1.29 is 17.6 Å². The van der Waals surface area contributed by atoms with Gasteiger partial charge in [0.15, 0.2) is 11.6 Å². The molecule has 0 spiro atoms. The maximum absolute atomic E-state index is 13.2. The van der Waals surface area contributed by atoms with Gasteiger partial charge >= 0.3 is 0 Å². The van der Waals surface area contributed by atoms with Crippen LogP contribution in [0.25, 0.3) is 0 Å². The van der Waals surface area contributed by atoms with Crippen molar-refractivity contribution in [2.45, 2.75) is 17.2 Å². The van der Waals surface area contributed by atoms with Crippen molar-refractivity contribution in [3.05, 3.63) is 35.6 Å². The molecule has 0 amide bonds. The second-order valence-electron chi connectivity index (χ2n) is 2.90. The molecule has 0 radical (unpaired) electrons. The lowest BCUT2D eigenvalue weighted by molar-refractivity contribution is 0.440. The summed E-state index contributed by atoms with van der Waals surface area (Å²) in [6.07, 6.45) is 1.36. The number of rotatable bonds is 2. The fraction of sp³-hybridized carbons (Fsp3) is 0.111. The predicted molar refractivity (Wildman–Crippen MR) is 49.5 cm³/mol. The summed E-state index contributed by atoms with van der Waals surface area (Å²) in [5.74, 6) is -3.64. The monoisotopic (exact) mass is 246 g/mol. The zero-order valence-corrected chi connectivity index (χ0v) is 8.82. The largest absolute Gasteiger partial charge is 0.439 e. The van der Waals surface area contributed by atoms with Crippen LogP contribution >= 0.6 is 11.8 Å². The number of aromatic nitrogens is 2. The topological polar surface area (TPSA) is 38.9 Å². The molecule has 0 aliphatic heterocycles. The highest BCUT2D eigenvalue weighted by Gasteiger charge is 2.15. The summed E-state index contributed by atoms with van der Waals surface area (Å²) in [4.78, 5) is 7.00. The van der Waals surface area contributed by atoms with Crippen LogP contribution in [0.3, 0.4) is 0 Å². The van der Waals surface area contributed by atoms with Crippen molar-refractivity contribution in [1.82, 2.24) is 9.97 Å². The normalized spacial score (nSPS) is 10.8. The maximum Gasteiger partial charge on any atom is 0.262 e. The Morgan fingerprint density at radius 2 is 1.94 bits per heavy atom. The van der Waals surface area contributed by atoms with Crippen LogP contribution in [-0.4, -0.2) is 9.97 Å². The quantitative estimate of drug-likeness (QED) is 0.764. The number of nitrogens with zero attached hydrogens (tertiary/aromatic N) is 2. The Hall–Kier alpha value is -1.50. The van der Waals surface area contributed by atoms with Gasteiger partial charge in [0.2, 0.25) is 5.95 Å². The van der Waals surface area contributed by atoms with Crippen molar-refractivity contribution in [2.24, 2.45) is 0 Å². The summed E-state index contributed by atoms with van der Waals surface area (Å²) in [5.41, 5.74) is 0.602. The number of halogens is 3. The van der Waals surface area contributed by atoms with E-state index >= 15 is 0 Å². The lowest BCUT2D eigenvalue weighted by Crippen LogP contribution is -1.95. The van der Waals surface area contributed by atoms with Crippen LogP contribution in [0.5, 0.6) is 0 Å². The van der Waals surface area contributed by atoms with Gasteiger partial charge in [-0.25, -0.2) is 18.7 Å². The molecular formula is C9H5F3N2OS. The smallest absolute Gasteiger partial charge is 0.262 e. The lowest BCUT2D eigenvalue weighted by atomic mass is 10.4. The van der Waals surface area contributed by atoms with Gasteiger partial charge in [0.25, 0.3) is 5.22 Å². The highest BCUT2D eigenvalue weighted by molar-refractivity contribution is 7.99. The van der Waals surface area contributed by atoms with Crippen LogP contribution < -0.4 is 0 Å². The van der Waals surface area contributed by atoms with Crippen LogP contribution in [-0.2, 0) is 0 Å². The molecule has 0 unspecified atom stereocenters. The first-order valence-corrected chi connectivity index (χ1v) is 4.99. The highest BCUT2D eigenvalue weighted by Crippen LogP contribution is 2.28. The van der Waals surface area contributed by atoms with Gasteiger partial charge in [-0.15, -0.1) is 0 Å². The molecule has 0 saturated carbocycles. The molecule has 84 valence electrons. The Labute approximate surface area is 92.7 Å². The molecule has 2 aromatic heterocycles. The van der Waals surface area contributed by atoms with E-state index in [1.807, 2.05) is 0 Å². The van der Waals surface area contributed by atoms with Crippen LogP contribution in [0.4, 0.5) is 13.2 Å². The molecule has 16 heavy (non-hydrogen) atoms. The Bertz CT molecular complexity index is 529. The summed E-state index contributed by atoms with van der Waals surface area (Å²) in [6, 6.07) is 0.431. The molecule has 2 rings (SSSR count). The number of pyridine rings is 1. The molecule has 0 atom stereocenters. The van der Waals surface area contributed by atoms with Gasteiger partial charge in [0.05, 0.1) is 5.69 Å². The average molecular weight is 246 g/mol. The van der Waals surface area contributed by atoms with Gasteiger partial charge in [-0.05, 0) is 18.7 Å². The third-order valence-electron chi connectivity index (χ3n) is 1.64. The molecule has 0 aliphatic carbocycles. The standard InChI is InChI=1S/C9H5F3N2OS/c1-4-3-15-9(13-4)16-8-6(11)2-5(10)7(12)14-8/h2-3H,1H3. The number of hydrogen-bond donors (Lipinski definition) is 0. The third-order valence-corrected chi connectivity index (χ3v) is 2.48. The summed E-state index contributed by atoms with van der Waals surface area (Å²) >= 11 is 0.687.